The molecule has 44 heavy (non-hydrogen) atoms. The monoisotopic (exact) mass is 572 g/mol. The fraction of sp³-hybridized carbons (Fsp3) is 0.190. The van der Waals surface area contributed by atoms with Gasteiger partial charge in [-0.15, -0.1) is 0 Å². The van der Waals surface area contributed by atoms with E-state index in [1.54, 1.807) is 0 Å². The van der Waals surface area contributed by atoms with Crippen LogP contribution in [0.1, 0.15) is 52.7 Å². The zero-order chi connectivity index (χ0) is 30.6. The van der Waals surface area contributed by atoms with Crippen LogP contribution in [0.5, 0.6) is 0 Å². The Labute approximate surface area is 261 Å². The molecule has 0 unspecified atom stereocenters. The Morgan fingerprint density at radius 1 is 0.500 bits per heavy atom. The van der Waals surface area contributed by atoms with E-state index in [4.69, 9.17) is 0 Å². The molecule has 1 heterocycles. The van der Waals surface area contributed by atoms with Crippen molar-refractivity contribution in [2.45, 2.75) is 52.4 Å². The molecule has 2 heteroatoms. The third kappa shape index (κ3) is 5.05. The Hall–Kier alpha value is -4.82. The fourth-order valence-corrected chi connectivity index (χ4v) is 6.30. The first kappa shape index (κ1) is 28.0. The highest BCUT2D eigenvalue weighted by Crippen LogP contribution is 2.39. The number of anilines is 2. The second-order valence-electron chi connectivity index (χ2n) is 14.1. The van der Waals surface area contributed by atoms with Crippen LogP contribution >= 0.6 is 0 Å². The van der Waals surface area contributed by atoms with Crippen LogP contribution in [-0.2, 0) is 10.8 Å². The third-order valence-corrected chi connectivity index (χ3v) is 8.83. The lowest BCUT2D eigenvalue weighted by molar-refractivity contribution is 0.569. The number of para-hydroxylation sites is 2. The highest BCUT2D eigenvalue weighted by Gasteiger charge is 2.21. The summed E-state index contributed by atoms with van der Waals surface area (Å²) in [6, 6.07) is 46.6. The Bertz CT molecular complexity index is 2120. The van der Waals surface area contributed by atoms with Crippen LogP contribution in [0, 0.1) is 0 Å². The number of fused-ring (bicyclic) bond motifs is 4. The minimum atomic E-state index is 0.0870. The summed E-state index contributed by atoms with van der Waals surface area (Å²) in [4.78, 5) is 0. The van der Waals surface area contributed by atoms with E-state index in [0.717, 1.165) is 11.4 Å². The van der Waals surface area contributed by atoms with Gasteiger partial charge in [-0.05, 0) is 92.4 Å². The predicted molar refractivity (Wildman–Crippen MR) is 191 cm³/mol. The van der Waals surface area contributed by atoms with Gasteiger partial charge in [-0.3, -0.25) is 0 Å². The van der Waals surface area contributed by atoms with E-state index in [1.165, 1.54) is 60.5 Å². The Kier molecular flexibility index (Phi) is 6.62. The molecule has 0 atom stereocenters. The van der Waals surface area contributed by atoms with Gasteiger partial charge >= 0.3 is 0 Å². The first-order valence-electron chi connectivity index (χ1n) is 15.6. The predicted octanol–water partition coefficient (Wildman–Crippen LogP) is 11.9. The average Bonchev–Trinajstić information content (AvgIpc) is 3.35. The molecule has 0 spiro atoms. The lowest BCUT2D eigenvalue weighted by Gasteiger charge is -2.26. The van der Waals surface area contributed by atoms with Crippen LogP contribution in [0.4, 0.5) is 11.4 Å². The Balaban J connectivity index is 1.28. The molecule has 0 saturated heterocycles. The Morgan fingerprint density at radius 3 is 1.86 bits per heavy atom. The molecule has 7 rings (SSSR count). The largest absolute Gasteiger partial charge is 0.355 e. The molecule has 0 saturated carbocycles. The van der Waals surface area contributed by atoms with Crippen LogP contribution in [0.15, 0.2) is 127 Å². The number of rotatable bonds is 4. The van der Waals surface area contributed by atoms with Crippen molar-refractivity contribution < 1.29 is 0 Å². The smallest absolute Gasteiger partial charge is 0.0562 e. The van der Waals surface area contributed by atoms with Crippen LogP contribution in [-0.4, -0.2) is 4.57 Å². The van der Waals surface area contributed by atoms with Gasteiger partial charge in [0.25, 0.3) is 0 Å². The highest BCUT2D eigenvalue weighted by atomic mass is 15.0. The van der Waals surface area contributed by atoms with Crippen molar-refractivity contribution in [2.75, 3.05) is 5.32 Å². The van der Waals surface area contributed by atoms with Crippen LogP contribution in [0.3, 0.4) is 0 Å². The lowest BCUT2D eigenvalue weighted by Crippen LogP contribution is -2.16. The molecule has 218 valence electrons. The van der Waals surface area contributed by atoms with E-state index >= 15 is 0 Å². The van der Waals surface area contributed by atoms with E-state index in [1.807, 2.05) is 0 Å². The maximum atomic E-state index is 3.78. The van der Waals surface area contributed by atoms with Gasteiger partial charge in [-0.1, -0.05) is 120 Å². The zero-order valence-corrected chi connectivity index (χ0v) is 26.6. The SMILES string of the molecule is CC(C)(C)c1cc(-c2ccc3cc(Nc4cccc5c4c4ccccc4n5-c4ccccc4)ccc3c2)cc(C(C)(C)C)c1. The van der Waals surface area contributed by atoms with Gasteiger partial charge in [0, 0.05) is 27.8 Å². The molecule has 0 aliphatic rings. The summed E-state index contributed by atoms with van der Waals surface area (Å²) < 4.78 is 2.36. The lowest BCUT2D eigenvalue weighted by atomic mass is 9.79. The number of benzene rings is 6. The number of nitrogens with zero attached hydrogens (tertiary/aromatic N) is 1. The quantitative estimate of drug-likeness (QED) is 0.222. The molecular formula is C42H40N2. The average molecular weight is 573 g/mol. The van der Waals surface area contributed by atoms with Gasteiger partial charge in [0.1, 0.15) is 0 Å². The van der Waals surface area contributed by atoms with Crippen LogP contribution in [0.25, 0.3) is 49.4 Å². The van der Waals surface area contributed by atoms with Crippen molar-refractivity contribution in [3.05, 3.63) is 139 Å². The molecule has 2 nitrogen and oxygen atoms in total. The summed E-state index contributed by atoms with van der Waals surface area (Å²) in [6.07, 6.45) is 0. The van der Waals surface area contributed by atoms with Gasteiger partial charge in [-0.25, -0.2) is 0 Å². The van der Waals surface area contributed by atoms with E-state index in [2.05, 4.69) is 179 Å². The van der Waals surface area contributed by atoms with Crippen molar-refractivity contribution in [1.82, 2.24) is 4.57 Å². The molecule has 0 bridgehead atoms. The fourth-order valence-electron chi connectivity index (χ4n) is 6.30. The van der Waals surface area contributed by atoms with Crippen LogP contribution in [0.2, 0.25) is 0 Å². The van der Waals surface area contributed by atoms with Crippen molar-refractivity contribution in [3.8, 4) is 16.8 Å². The van der Waals surface area contributed by atoms with E-state index in [9.17, 15) is 0 Å². The van der Waals surface area contributed by atoms with Gasteiger partial charge in [-0.2, -0.15) is 0 Å². The van der Waals surface area contributed by atoms with Gasteiger partial charge in [0.2, 0.25) is 0 Å². The minimum absolute atomic E-state index is 0.0870. The highest BCUT2D eigenvalue weighted by molar-refractivity contribution is 6.15. The van der Waals surface area contributed by atoms with Gasteiger partial charge in [0.15, 0.2) is 0 Å². The topological polar surface area (TPSA) is 17.0 Å². The molecule has 1 N–H and O–H groups in total. The number of nitrogens with one attached hydrogen (secondary N) is 1. The van der Waals surface area contributed by atoms with E-state index in [0.29, 0.717) is 0 Å². The Morgan fingerprint density at radius 2 is 1.14 bits per heavy atom. The summed E-state index contributed by atoms with van der Waals surface area (Å²) >= 11 is 0. The summed E-state index contributed by atoms with van der Waals surface area (Å²) in [5.41, 5.74) is 11.2. The number of aromatic nitrogens is 1. The molecule has 7 aromatic rings. The molecule has 0 fully saturated rings. The molecule has 0 aliphatic heterocycles. The molecule has 0 aliphatic carbocycles. The van der Waals surface area contributed by atoms with Crippen molar-refractivity contribution in [3.63, 3.8) is 0 Å². The second-order valence-corrected chi connectivity index (χ2v) is 14.1. The summed E-state index contributed by atoms with van der Waals surface area (Å²) in [5, 5.41) is 8.72. The minimum Gasteiger partial charge on any atom is -0.355 e. The van der Waals surface area contributed by atoms with Crippen molar-refractivity contribution >= 4 is 44.0 Å². The zero-order valence-electron chi connectivity index (χ0n) is 26.6. The first-order valence-corrected chi connectivity index (χ1v) is 15.6. The number of hydrogen-bond donors (Lipinski definition) is 1. The number of hydrogen-bond acceptors (Lipinski definition) is 1. The molecular weight excluding hydrogens is 532 g/mol. The van der Waals surface area contributed by atoms with Crippen LogP contribution < -0.4 is 5.32 Å². The third-order valence-electron chi connectivity index (χ3n) is 8.83. The summed E-state index contributed by atoms with van der Waals surface area (Å²) in [6.45, 7) is 13.8. The summed E-state index contributed by atoms with van der Waals surface area (Å²) in [5.74, 6) is 0. The molecule has 0 amide bonds. The second kappa shape index (κ2) is 10.4. The first-order chi connectivity index (χ1) is 21.1. The maximum Gasteiger partial charge on any atom is 0.0562 e. The van der Waals surface area contributed by atoms with E-state index in [-0.39, 0.29) is 10.8 Å². The van der Waals surface area contributed by atoms with Gasteiger partial charge in [0.05, 0.1) is 11.0 Å². The molecule has 6 aromatic carbocycles. The normalized spacial score (nSPS) is 12.3. The molecule has 1 aromatic heterocycles. The van der Waals surface area contributed by atoms with Crippen molar-refractivity contribution in [1.29, 1.82) is 0 Å². The van der Waals surface area contributed by atoms with Gasteiger partial charge < -0.3 is 9.88 Å². The van der Waals surface area contributed by atoms with E-state index < -0.39 is 0 Å². The van der Waals surface area contributed by atoms with Crippen molar-refractivity contribution in [2.24, 2.45) is 0 Å². The maximum absolute atomic E-state index is 3.78. The molecule has 0 radical (unpaired) electrons. The summed E-state index contributed by atoms with van der Waals surface area (Å²) in [7, 11) is 0. The standard InChI is InChI=1S/C42H40N2/c1-41(2,3)32-24-31(25-33(27-32)42(4,5)6)29-19-20-30-26-34(22-21-28(30)23-29)43-37-16-12-18-39-40(37)36-15-10-11-17-38(36)44(39)35-13-8-7-9-14-35/h7-27,43H,1-6H3.